The molecule has 0 aromatic carbocycles. The van der Waals surface area contributed by atoms with Gasteiger partial charge in [0.1, 0.15) is 6.04 Å². The molecule has 0 unspecified atom stereocenters. The van der Waals surface area contributed by atoms with Crippen LogP contribution >= 0.6 is 0 Å². The van der Waals surface area contributed by atoms with Gasteiger partial charge >= 0.3 is 5.97 Å². The number of aliphatic hydroxyl groups excluding tert-OH is 1. The Kier molecular flexibility index (Phi) is 5.75. The Labute approximate surface area is 113 Å². The number of hydrogen-bond donors (Lipinski definition) is 3. The van der Waals surface area contributed by atoms with E-state index in [4.69, 9.17) is 10.8 Å². The fourth-order valence-corrected chi connectivity index (χ4v) is 2.62. The number of β-amino-alcohol motifs (C(OH)–C–C–N with tert-alkyl or cyclic N) is 1. The predicted molar refractivity (Wildman–Crippen MR) is 70.4 cm³/mol. The predicted octanol–water partition coefficient (Wildman–Crippen LogP) is 0.0439. The Bertz CT molecular complexity index is 333. The summed E-state index contributed by atoms with van der Waals surface area (Å²) in [6, 6.07) is -0.903. The van der Waals surface area contributed by atoms with E-state index in [0.717, 1.165) is 6.42 Å². The first kappa shape index (κ1) is 15.9. The summed E-state index contributed by atoms with van der Waals surface area (Å²) in [5.41, 5.74) is 5.65. The number of carboxylic acid groups (broad SMARTS) is 1. The lowest BCUT2D eigenvalue weighted by atomic mass is 9.93. The average molecular weight is 272 g/mol. The lowest BCUT2D eigenvalue weighted by Gasteiger charge is -2.24. The van der Waals surface area contributed by atoms with Gasteiger partial charge in [0.25, 0.3) is 0 Å². The van der Waals surface area contributed by atoms with Crippen LogP contribution in [0.3, 0.4) is 0 Å². The number of carbonyl (C=O) groups excluding carboxylic acids is 1. The van der Waals surface area contributed by atoms with Crippen molar-refractivity contribution in [1.29, 1.82) is 0 Å². The number of carboxylic acids is 1. The summed E-state index contributed by atoms with van der Waals surface area (Å²) in [6.45, 7) is 4.65. The first-order chi connectivity index (χ1) is 8.85. The highest BCUT2D eigenvalue weighted by molar-refractivity contribution is 5.84. The van der Waals surface area contributed by atoms with E-state index in [2.05, 4.69) is 13.8 Å². The van der Waals surface area contributed by atoms with Crippen LogP contribution in [0.15, 0.2) is 0 Å². The Hall–Kier alpha value is -1.14. The number of hydrogen-bond acceptors (Lipinski definition) is 4. The van der Waals surface area contributed by atoms with Crippen LogP contribution in [-0.2, 0) is 9.59 Å². The molecule has 1 aliphatic heterocycles. The fraction of sp³-hybridized carbons (Fsp3) is 0.846. The lowest BCUT2D eigenvalue weighted by Crippen LogP contribution is -2.41. The van der Waals surface area contributed by atoms with Gasteiger partial charge in [-0.05, 0) is 24.8 Å². The van der Waals surface area contributed by atoms with E-state index in [1.165, 1.54) is 4.90 Å². The highest BCUT2D eigenvalue weighted by Crippen LogP contribution is 2.22. The third kappa shape index (κ3) is 4.47. The zero-order chi connectivity index (χ0) is 14.6. The minimum Gasteiger partial charge on any atom is -0.480 e. The summed E-state index contributed by atoms with van der Waals surface area (Å²) < 4.78 is 0. The Balaban J connectivity index is 2.63. The quantitative estimate of drug-likeness (QED) is 0.633. The van der Waals surface area contributed by atoms with Gasteiger partial charge in [-0.2, -0.15) is 0 Å². The van der Waals surface area contributed by atoms with Gasteiger partial charge < -0.3 is 20.8 Å². The lowest BCUT2D eigenvalue weighted by molar-refractivity contribution is -0.148. The van der Waals surface area contributed by atoms with E-state index in [1.807, 2.05) is 0 Å². The standard InChI is InChI=1S/C13H24N2O4/c1-8(2)3-9(6-14)4-12(17)15-7-10(16)5-11(15)13(18)19/h8-11,16H,3-7,14H2,1-2H3,(H,18,19)/t9-,10-,11-/m0/s1. The van der Waals surface area contributed by atoms with Crippen LogP contribution in [0.5, 0.6) is 0 Å². The van der Waals surface area contributed by atoms with Crippen LogP contribution in [0, 0.1) is 11.8 Å². The second-order valence-corrected chi connectivity index (χ2v) is 5.73. The topological polar surface area (TPSA) is 104 Å². The molecule has 4 N–H and O–H groups in total. The van der Waals surface area contributed by atoms with E-state index < -0.39 is 18.1 Å². The van der Waals surface area contributed by atoms with Crippen molar-refractivity contribution in [1.82, 2.24) is 4.90 Å². The van der Waals surface area contributed by atoms with Crippen LogP contribution in [0.2, 0.25) is 0 Å². The third-order valence-corrected chi connectivity index (χ3v) is 3.49. The van der Waals surface area contributed by atoms with Gasteiger partial charge in [-0.3, -0.25) is 4.79 Å². The summed E-state index contributed by atoms with van der Waals surface area (Å²) in [4.78, 5) is 24.5. The molecule has 1 fully saturated rings. The second kappa shape index (κ2) is 6.86. The minimum absolute atomic E-state index is 0.0692. The summed E-state index contributed by atoms with van der Waals surface area (Å²) in [6.07, 6.45) is 0.464. The minimum atomic E-state index is -1.06. The summed E-state index contributed by atoms with van der Waals surface area (Å²) >= 11 is 0. The van der Waals surface area contributed by atoms with Crippen molar-refractivity contribution in [3.05, 3.63) is 0 Å². The van der Waals surface area contributed by atoms with E-state index in [0.29, 0.717) is 12.5 Å². The van der Waals surface area contributed by atoms with Gasteiger partial charge in [0.2, 0.25) is 5.91 Å². The molecular weight excluding hydrogens is 248 g/mol. The molecule has 19 heavy (non-hydrogen) atoms. The van der Waals surface area contributed by atoms with Gasteiger partial charge in [0.15, 0.2) is 0 Å². The SMILES string of the molecule is CC(C)C[C@H](CN)CC(=O)N1C[C@@H](O)C[C@H]1C(=O)O. The largest absolute Gasteiger partial charge is 0.480 e. The van der Waals surface area contributed by atoms with E-state index in [1.54, 1.807) is 0 Å². The normalized spacial score (nSPS) is 24.8. The summed E-state index contributed by atoms with van der Waals surface area (Å²) in [5.74, 6) is -0.765. The zero-order valence-corrected chi connectivity index (χ0v) is 11.6. The number of aliphatic hydroxyl groups is 1. The first-order valence-electron chi connectivity index (χ1n) is 6.75. The molecule has 0 spiro atoms. The average Bonchev–Trinajstić information content (AvgIpc) is 2.70. The van der Waals surface area contributed by atoms with Crippen LogP contribution in [0.4, 0.5) is 0 Å². The molecule has 6 nitrogen and oxygen atoms in total. The zero-order valence-electron chi connectivity index (χ0n) is 11.6. The van der Waals surface area contributed by atoms with Gasteiger partial charge in [-0.15, -0.1) is 0 Å². The highest BCUT2D eigenvalue weighted by atomic mass is 16.4. The number of aliphatic carboxylic acids is 1. The Morgan fingerprint density at radius 2 is 2.05 bits per heavy atom. The molecular formula is C13H24N2O4. The molecule has 1 amide bonds. The molecule has 0 bridgehead atoms. The Morgan fingerprint density at radius 1 is 1.42 bits per heavy atom. The van der Waals surface area contributed by atoms with Gasteiger partial charge in [-0.1, -0.05) is 13.8 Å². The molecule has 0 aromatic heterocycles. The number of nitrogens with two attached hydrogens (primary N) is 1. The molecule has 1 aliphatic rings. The van der Waals surface area contributed by atoms with Crippen molar-refractivity contribution in [3.8, 4) is 0 Å². The van der Waals surface area contributed by atoms with Crippen molar-refractivity contribution in [2.24, 2.45) is 17.6 Å². The molecule has 0 saturated carbocycles. The van der Waals surface area contributed by atoms with Gasteiger partial charge in [0.05, 0.1) is 6.10 Å². The molecule has 1 heterocycles. The molecule has 6 heteroatoms. The fourth-order valence-electron chi connectivity index (χ4n) is 2.62. The summed E-state index contributed by atoms with van der Waals surface area (Å²) in [7, 11) is 0. The number of amides is 1. The number of rotatable bonds is 6. The summed E-state index contributed by atoms with van der Waals surface area (Å²) in [5, 5.41) is 18.6. The second-order valence-electron chi connectivity index (χ2n) is 5.73. The maximum atomic E-state index is 12.2. The molecule has 3 atom stereocenters. The number of carbonyl (C=O) groups is 2. The first-order valence-corrected chi connectivity index (χ1v) is 6.75. The molecule has 1 saturated heterocycles. The number of likely N-dealkylation sites (tertiary alicyclic amines) is 1. The molecule has 0 aromatic rings. The van der Waals surface area contributed by atoms with Crippen molar-refractivity contribution < 1.29 is 19.8 Å². The van der Waals surface area contributed by atoms with Gasteiger partial charge in [0, 0.05) is 19.4 Å². The van der Waals surface area contributed by atoms with Crippen molar-refractivity contribution >= 4 is 11.9 Å². The Morgan fingerprint density at radius 3 is 2.53 bits per heavy atom. The van der Waals surface area contributed by atoms with Crippen LogP contribution in [-0.4, -0.2) is 52.2 Å². The van der Waals surface area contributed by atoms with Gasteiger partial charge in [-0.25, -0.2) is 4.79 Å². The van der Waals surface area contributed by atoms with Crippen molar-refractivity contribution in [3.63, 3.8) is 0 Å². The van der Waals surface area contributed by atoms with E-state index in [9.17, 15) is 14.7 Å². The molecule has 0 aliphatic carbocycles. The maximum absolute atomic E-state index is 12.2. The number of nitrogens with zero attached hydrogens (tertiary/aromatic N) is 1. The smallest absolute Gasteiger partial charge is 0.326 e. The molecule has 1 rings (SSSR count). The highest BCUT2D eigenvalue weighted by Gasteiger charge is 2.39. The third-order valence-electron chi connectivity index (χ3n) is 3.49. The van der Waals surface area contributed by atoms with Crippen LogP contribution in [0.25, 0.3) is 0 Å². The van der Waals surface area contributed by atoms with E-state index in [-0.39, 0.29) is 31.2 Å². The monoisotopic (exact) mass is 272 g/mol. The van der Waals surface area contributed by atoms with Crippen molar-refractivity contribution in [2.75, 3.05) is 13.1 Å². The van der Waals surface area contributed by atoms with Crippen molar-refractivity contribution in [2.45, 2.75) is 45.3 Å². The van der Waals surface area contributed by atoms with Crippen LogP contribution in [0.1, 0.15) is 33.1 Å². The molecule has 0 radical (unpaired) electrons. The van der Waals surface area contributed by atoms with Crippen LogP contribution < -0.4 is 5.73 Å². The maximum Gasteiger partial charge on any atom is 0.326 e. The van der Waals surface area contributed by atoms with E-state index >= 15 is 0 Å². The molecule has 110 valence electrons.